The van der Waals surface area contributed by atoms with Crippen molar-refractivity contribution in [2.24, 2.45) is 0 Å². The molecule has 3 rings (SSSR count). The summed E-state index contributed by atoms with van der Waals surface area (Å²) in [5.41, 5.74) is 1.00. The lowest BCUT2D eigenvalue weighted by atomic mass is 10.2. The van der Waals surface area contributed by atoms with Crippen LogP contribution in [-0.4, -0.2) is 37.9 Å². The molecule has 26 heavy (non-hydrogen) atoms. The minimum atomic E-state index is -4.10. The van der Waals surface area contributed by atoms with Gasteiger partial charge in [0.2, 0.25) is 0 Å². The van der Waals surface area contributed by atoms with Crippen LogP contribution in [0.15, 0.2) is 71.0 Å². The summed E-state index contributed by atoms with van der Waals surface area (Å²) < 4.78 is 53.5. The van der Waals surface area contributed by atoms with Gasteiger partial charge in [-0.25, -0.2) is 26.5 Å². The van der Waals surface area contributed by atoms with E-state index in [-0.39, 0.29) is 9.79 Å². The van der Waals surface area contributed by atoms with Crippen LogP contribution in [0.2, 0.25) is 0 Å². The smallest absolute Gasteiger partial charge is 0.263 e. The number of benzene rings is 2. The molecule has 0 aliphatic carbocycles. The first kappa shape index (κ1) is 18.1. The standard InChI is InChI=1S/C16H16N4O4S2/c1-25(21,22)15-8-4-5-9-16(15)26(23,24)19-14-7-3-2-6-13(14)10-20-12-17-11-18-20/h2-9,11-12,19H,10H2,1H3. The molecule has 1 heterocycles. The minimum absolute atomic E-state index is 0.249. The third-order valence-corrected chi connectivity index (χ3v) is 6.31. The van der Waals surface area contributed by atoms with Crippen LogP contribution in [0.3, 0.4) is 0 Å². The first-order valence-electron chi connectivity index (χ1n) is 7.49. The number of hydrogen-bond donors (Lipinski definition) is 1. The summed E-state index contributed by atoms with van der Waals surface area (Å²) in [4.78, 5) is 3.31. The molecule has 0 saturated carbocycles. The fourth-order valence-corrected chi connectivity index (χ4v) is 5.16. The van der Waals surface area contributed by atoms with Gasteiger partial charge in [0, 0.05) is 6.26 Å². The summed E-state index contributed by atoms with van der Waals surface area (Å²) in [6.07, 6.45) is 3.87. The summed E-state index contributed by atoms with van der Waals surface area (Å²) in [5.74, 6) is 0. The monoisotopic (exact) mass is 392 g/mol. The Labute approximate surface area is 151 Å². The number of rotatable bonds is 6. The molecular weight excluding hydrogens is 376 g/mol. The van der Waals surface area contributed by atoms with E-state index in [1.54, 1.807) is 28.9 Å². The summed E-state index contributed by atoms with van der Waals surface area (Å²) in [5, 5.41) is 4.00. The Balaban J connectivity index is 2.00. The van der Waals surface area contributed by atoms with E-state index in [1.807, 2.05) is 0 Å². The minimum Gasteiger partial charge on any atom is -0.279 e. The second-order valence-electron chi connectivity index (χ2n) is 5.57. The highest BCUT2D eigenvalue weighted by Gasteiger charge is 2.24. The van der Waals surface area contributed by atoms with E-state index in [0.717, 1.165) is 6.26 Å². The van der Waals surface area contributed by atoms with Crippen LogP contribution in [0, 0.1) is 0 Å². The molecule has 0 aliphatic heterocycles. The van der Waals surface area contributed by atoms with Crippen LogP contribution in [0.25, 0.3) is 0 Å². The summed E-state index contributed by atoms with van der Waals surface area (Å²) in [7, 11) is -7.80. The Hall–Kier alpha value is -2.72. The lowest BCUT2D eigenvalue weighted by Crippen LogP contribution is -2.18. The third kappa shape index (κ3) is 3.92. The van der Waals surface area contributed by atoms with E-state index in [1.165, 1.54) is 36.9 Å². The highest BCUT2D eigenvalue weighted by atomic mass is 32.2. The van der Waals surface area contributed by atoms with Crippen molar-refractivity contribution >= 4 is 25.5 Å². The summed E-state index contributed by atoms with van der Waals surface area (Å²) in [6, 6.07) is 12.3. The van der Waals surface area contributed by atoms with Gasteiger partial charge >= 0.3 is 0 Å². The van der Waals surface area contributed by atoms with Crippen molar-refractivity contribution in [2.75, 3.05) is 11.0 Å². The van der Waals surface area contributed by atoms with E-state index in [0.29, 0.717) is 17.8 Å². The number of sulfone groups is 1. The van der Waals surface area contributed by atoms with Crippen LogP contribution in [0.4, 0.5) is 5.69 Å². The quantitative estimate of drug-likeness (QED) is 0.681. The van der Waals surface area contributed by atoms with Crippen LogP contribution < -0.4 is 4.72 Å². The number of hydrogen-bond acceptors (Lipinski definition) is 6. The molecule has 0 unspecified atom stereocenters. The highest BCUT2D eigenvalue weighted by Crippen LogP contribution is 2.25. The van der Waals surface area contributed by atoms with E-state index in [9.17, 15) is 16.8 Å². The number of para-hydroxylation sites is 1. The molecule has 0 amide bonds. The maximum absolute atomic E-state index is 12.8. The zero-order chi connectivity index (χ0) is 18.8. The van der Waals surface area contributed by atoms with Crippen molar-refractivity contribution in [1.29, 1.82) is 0 Å². The van der Waals surface area contributed by atoms with E-state index >= 15 is 0 Å². The van der Waals surface area contributed by atoms with Crippen molar-refractivity contribution in [1.82, 2.24) is 14.8 Å². The first-order chi connectivity index (χ1) is 12.3. The SMILES string of the molecule is CS(=O)(=O)c1ccccc1S(=O)(=O)Nc1ccccc1Cn1cncn1. The zero-order valence-electron chi connectivity index (χ0n) is 13.8. The normalized spacial score (nSPS) is 12.0. The molecule has 0 aliphatic rings. The molecule has 8 nitrogen and oxygen atoms in total. The average Bonchev–Trinajstić information content (AvgIpc) is 3.09. The molecule has 0 bridgehead atoms. The summed E-state index contributed by atoms with van der Waals surface area (Å²) in [6.45, 7) is 0.312. The Morgan fingerprint density at radius 2 is 1.62 bits per heavy atom. The second kappa shape index (κ2) is 6.89. The molecule has 0 radical (unpaired) electrons. The van der Waals surface area contributed by atoms with Crippen molar-refractivity contribution in [3.63, 3.8) is 0 Å². The Morgan fingerprint density at radius 1 is 0.962 bits per heavy atom. The number of aromatic nitrogens is 3. The predicted octanol–water partition coefficient (Wildman–Crippen LogP) is 1.53. The maximum atomic E-state index is 12.8. The van der Waals surface area contributed by atoms with Crippen molar-refractivity contribution in [2.45, 2.75) is 16.3 Å². The molecule has 1 N–H and O–H groups in total. The van der Waals surface area contributed by atoms with Gasteiger partial charge in [0.05, 0.1) is 17.1 Å². The number of nitrogens with zero attached hydrogens (tertiary/aromatic N) is 3. The van der Waals surface area contributed by atoms with E-state index in [2.05, 4.69) is 14.8 Å². The fraction of sp³-hybridized carbons (Fsp3) is 0.125. The Morgan fingerprint density at radius 3 is 2.27 bits per heavy atom. The van der Waals surface area contributed by atoms with Crippen LogP contribution >= 0.6 is 0 Å². The van der Waals surface area contributed by atoms with E-state index in [4.69, 9.17) is 0 Å². The van der Waals surface area contributed by atoms with Gasteiger partial charge in [0.25, 0.3) is 10.0 Å². The lowest BCUT2D eigenvalue weighted by Gasteiger charge is -2.14. The van der Waals surface area contributed by atoms with Crippen LogP contribution in [0.5, 0.6) is 0 Å². The molecule has 0 fully saturated rings. The number of anilines is 1. The number of sulfonamides is 1. The maximum Gasteiger partial charge on any atom is 0.263 e. The van der Waals surface area contributed by atoms with Gasteiger partial charge < -0.3 is 0 Å². The van der Waals surface area contributed by atoms with E-state index < -0.39 is 19.9 Å². The van der Waals surface area contributed by atoms with Gasteiger partial charge in [-0.3, -0.25) is 4.72 Å². The molecule has 10 heteroatoms. The average molecular weight is 392 g/mol. The molecule has 1 aromatic heterocycles. The van der Waals surface area contributed by atoms with Crippen LogP contribution in [-0.2, 0) is 26.4 Å². The van der Waals surface area contributed by atoms with Gasteiger partial charge in [-0.1, -0.05) is 30.3 Å². The molecule has 0 saturated heterocycles. The fourth-order valence-electron chi connectivity index (χ4n) is 2.42. The molecule has 0 spiro atoms. The van der Waals surface area contributed by atoms with Gasteiger partial charge in [-0.05, 0) is 23.8 Å². The predicted molar refractivity (Wildman–Crippen MR) is 95.9 cm³/mol. The molecule has 136 valence electrons. The third-order valence-electron chi connectivity index (χ3n) is 3.60. The number of nitrogens with one attached hydrogen (secondary N) is 1. The molecule has 3 aromatic rings. The Kier molecular flexibility index (Phi) is 4.79. The highest BCUT2D eigenvalue weighted by molar-refractivity contribution is 7.95. The molecule has 0 atom stereocenters. The largest absolute Gasteiger partial charge is 0.279 e. The topological polar surface area (TPSA) is 111 Å². The molecule has 2 aromatic carbocycles. The first-order valence-corrected chi connectivity index (χ1v) is 10.9. The van der Waals surface area contributed by atoms with Crippen LogP contribution in [0.1, 0.15) is 5.56 Å². The lowest BCUT2D eigenvalue weighted by molar-refractivity contribution is 0.588. The zero-order valence-corrected chi connectivity index (χ0v) is 15.4. The summed E-state index contributed by atoms with van der Waals surface area (Å²) >= 11 is 0. The van der Waals surface area contributed by atoms with Crippen molar-refractivity contribution in [3.8, 4) is 0 Å². The van der Waals surface area contributed by atoms with Gasteiger partial charge in [-0.15, -0.1) is 0 Å². The van der Waals surface area contributed by atoms with Crippen molar-refractivity contribution < 1.29 is 16.8 Å². The van der Waals surface area contributed by atoms with Gasteiger partial charge in [0.1, 0.15) is 17.6 Å². The molecular formula is C16H16N4O4S2. The van der Waals surface area contributed by atoms with Gasteiger partial charge in [0.15, 0.2) is 9.84 Å². The van der Waals surface area contributed by atoms with Gasteiger partial charge in [-0.2, -0.15) is 5.10 Å². The Bertz CT molecular complexity index is 1120. The second-order valence-corrected chi connectivity index (χ2v) is 9.21. The van der Waals surface area contributed by atoms with Crippen molar-refractivity contribution in [3.05, 3.63) is 66.7 Å².